The summed E-state index contributed by atoms with van der Waals surface area (Å²) >= 11 is 0. The Bertz CT molecular complexity index is 991. The number of benzene rings is 1. The summed E-state index contributed by atoms with van der Waals surface area (Å²) in [5.74, 6) is -0.379. The number of hydrogen-bond acceptors (Lipinski definition) is 6. The minimum Gasteiger partial charge on any atom is -0.324 e. The van der Waals surface area contributed by atoms with Gasteiger partial charge in [-0.2, -0.15) is 13.5 Å². The summed E-state index contributed by atoms with van der Waals surface area (Å²) in [7, 11) is -4.82. The molecule has 1 aromatic heterocycles. The van der Waals surface area contributed by atoms with Crippen LogP contribution in [-0.4, -0.2) is 63.1 Å². The third kappa shape index (κ3) is 3.56. The van der Waals surface area contributed by atoms with Crippen molar-refractivity contribution < 1.29 is 26.8 Å². The standard InChI is InChI=1S/C16H17N5O6S/c22-15(18-11-1-3-12(4-2-11)19-8-7-17-10-19)14-6-5-13-9-20(14)16(23)21(13)27-28(24,25)26/h1-4,7-8,10,13-14H,5-6,9H2,(H,18,22)(H,24,25,26)/t13-,14-/m0/s1. The van der Waals surface area contributed by atoms with Gasteiger partial charge < -0.3 is 14.8 Å². The number of carbonyl (C=O) groups excluding carboxylic acids is 2. The highest BCUT2D eigenvalue weighted by atomic mass is 32.3. The van der Waals surface area contributed by atoms with Crippen LogP contribution in [0.2, 0.25) is 0 Å². The van der Waals surface area contributed by atoms with Crippen LogP contribution in [0.25, 0.3) is 5.69 Å². The van der Waals surface area contributed by atoms with E-state index in [4.69, 9.17) is 4.55 Å². The number of nitrogens with one attached hydrogen (secondary N) is 1. The van der Waals surface area contributed by atoms with Gasteiger partial charge in [0.1, 0.15) is 6.04 Å². The molecule has 0 saturated carbocycles. The Labute approximate surface area is 160 Å². The molecule has 11 nitrogen and oxygen atoms in total. The number of hydroxylamine groups is 2. The van der Waals surface area contributed by atoms with E-state index in [-0.39, 0.29) is 12.5 Å². The summed E-state index contributed by atoms with van der Waals surface area (Å²) in [6, 6.07) is 5.04. The zero-order valence-corrected chi connectivity index (χ0v) is 15.3. The van der Waals surface area contributed by atoms with Gasteiger partial charge in [-0.1, -0.05) is 0 Å². The summed E-state index contributed by atoms with van der Waals surface area (Å²) in [6.45, 7) is 0.145. The molecular formula is C16H17N5O6S. The molecule has 4 rings (SSSR count). The molecule has 0 radical (unpaired) electrons. The summed E-state index contributed by atoms with van der Waals surface area (Å²) in [5.41, 5.74) is 1.44. The molecule has 12 heteroatoms. The first kappa shape index (κ1) is 18.4. The van der Waals surface area contributed by atoms with Crippen LogP contribution in [0.4, 0.5) is 10.5 Å². The van der Waals surface area contributed by atoms with Gasteiger partial charge in [0.05, 0.1) is 12.4 Å². The van der Waals surface area contributed by atoms with Gasteiger partial charge >= 0.3 is 16.4 Å². The van der Waals surface area contributed by atoms with Crippen molar-refractivity contribution in [3.8, 4) is 5.69 Å². The second kappa shape index (κ2) is 6.89. The van der Waals surface area contributed by atoms with Crippen molar-refractivity contribution >= 4 is 28.0 Å². The van der Waals surface area contributed by atoms with E-state index in [0.717, 1.165) is 5.69 Å². The molecule has 2 saturated heterocycles. The van der Waals surface area contributed by atoms with E-state index in [1.807, 2.05) is 16.7 Å². The molecule has 2 fully saturated rings. The molecule has 0 aliphatic carbocycles. The maximum atomic E-state index is 12.7. The van der Waals surface area contributed by atoms with Gasteiger partial charge in [-0.3, -0.25) is 9.35 Å². The van der Waals surface area contributed by atoms with Gasteiger partial charge in [0.25, 0.3) is 0 Å². The molecule has 2 aliphatic rings. The van der Waals surface area contributed by atoms with Crippen molar-refractivity contribution in [3.05, 3.63) is 43.0 Å². The van der Waals surface area contributed by atoms with Crippen molar-refractivity contribution in [2.45, 2.75) is 24.9 Å². The van der Waals surface area contributed by atoms with E-state index >= 15 is 0 Å². The molecule has 2 aromatic rings. The van der Waals surface area contributed by atoms with Crippen molar-refractivity contribution in [1.29, 1.82) is 0 Å². The average molecular weight is 407 g/mol. The van der Waals surface area contributed by atoms with E-state index in [2.05, 4.69) is 14.6 Å². The number of imidazole rings is 1. The van der Waals surface area contributed by atoms with Gasteiger partial charge in [0, 0.05) is 30.3 Å². The van der Waals surface area contributed by atoms with E-state index < -0.39 is 28.5 Å². The Kier molecular flexibility index (Phi) is 4.53. The molecule has 3 heterocycles. The van der Waals surface area contributed by atoms with Crippen LogP contribution in [0.1, 0.15) is 12.8 Å². The molecule has 2 N–H and O–H groups in total. The minimum absolute atomic E-state index is 0.145. The summed E-state index contributed by atoms with van der Waals surface area (Å²) in [4.78, 5) is 30.3. The summed E-state index contributed by atoms with van der Waals surface area (Å²) < 4.78 is 36.9. The van der Waals surface area contributed by atoms with E-state index in [1.54, 1.807) is 30.9 Å². The van der Waals surface area contributed by atoms with Gasteiger partial charge in [-0.15, -0.1) is 4.28 Å². The summed E-state index contributed by atoms with van der Waals surface area (Å²) in [5, 5.41) is 3.38. The number of carbonyl (C=O) groups is 2. The van der Waals surface area contributed by atoms with E-state index in [9.17, 15) is 18.0 Å². The van der Waals surface area contributed by atoms with Crippen LogP contribution in [0, 0.1) is 0 Å². The molecular weight excluding hydrogens is 390 g/mol. The van der Waals surface area contributed by atoms with Crippen LogP contribution in [0.15, 0.2) is 43.0 Å². The van der Waals surface area contributed by atoms with Crippen LogP contribution < -0.4 is 5.32 Å². The number of aromatic nitrogens is 2. The zero-order chi connectivity index (χ0) is 19.9. The van der Waals surface area contributed by atoms with Crippen LogP contribution in [0.3, 0.4) is 0 Å². The molecule has 28 heavy (non-hydrogen) atoms. The largest absolute Gasteiger partial charge is 0.418 e. The second-order valence-electron chi connectivity index (χ2n) is 6.52. The lowest BCUT2D eigenvalue weighted by molar-refractivity contribution is -0.120. The molecule has 2 aliphatic heterocycles. The number of fused-ring (bicyclic) bond motifs is 2. The number of anilines is 1. The first-order valence-corrected chi connectivity index (χ1v) is 9.84. The molecule has 3 amide bonds. The maximum absolute atomic E-state index is 12.7. The number of nitrogens with zero attached hydrogens (tertiary/aromatic N) is 4. The van der Waals surface area contributed by atoms with E-state index in [0.29, 0.717) is 23.6 Å². The summed E-state index contributed by atoms with van der Waals surface area (Å²) in [6.07, 6.45) is 5.83. The van der Waals surface area contributed by atoms with Gasteiger partial charge in [-0.05, 0) is 37.1 Å². The molecule has 2 atom stereocenters. The number of urea groups is 1. The fraction of sp³-hybridized carbons (Fsp3) is 0.312. The average Bonchev–Trinajstić information content (AvgIpc) is 3.26. The lowest BCUT2D eigenvalue weighted by atomic mass is 10.0. The predicted octanol–water partition coefficient (Wildman–Crippen LogP) is 0.814. The topological polar surface area (TPSA) is 134 Å². The number of amides is 3. The predicted molar refractivity (Wildman–Crippen MR) is 95.6 cm³/mol. The van der Waals surface area contributed by atoms with Crippen molar-refractivity contribution in [3.63, 3.8) is 0 Å². The number of hydrogen-bond donors (Lipinski definition) is 2. The fourth-order valence-corrected chi connectivity index (χ4v) is 3.85. The van der Waals surface area contributed by atoms with Crippen molar-refractivity contribution in [2.75, 3.05) is 11.9 Å². The highest BCUT2D eigenvalue weighted by Crippen LogP contribution is 2.31. The van der Waals surface area contributed by atoms with Crippen LogP contribution in [0.5, 0.6) is 0 Å². The smallest absolute Gasteiger partial charge is 0.324 e. The number of rotatable bonds is 5. The quantitative estimate of drug-likeness (QED) is 0.701. The van der Waals surface area contributed by atoms with Crippen LogP contribution >= 0.6 is 0 Å². The lowest BCUT2D eigenvalue weighted by Gasteiger charge is -2.29. The Hall–Kier alpha value is -2.96. The molecule has 0 unspecified atom stereocenters. The highest BCUT2D eigenvalue weighted by Gasteiger charge is 2.49. The second-order valence-corrected chi connectivity index (χ2v) is 7.52. The third-order valence-corrected chi connectivity index (χ3v) is 5.09. The molecule has 0 spiro atoms. The zero-order valence-electron chi connectivity index (χ0n) is 14.5. The Balaban J connectivity index is 1.44. The molecule has 2 bridgehead atoms. The first-order valence-electron chi connectivity index (χ1n) is 8.48. The Morgan fingerprint density at radius 1 is 1.25 bits per heavy atom. The maximum Gasteiger partial charge on any atom is 0.418 e. The highest BCUT2D eigenvalue weighted by molar-refractivity contribution is 7.80. The van der Waals surface area contributed by atoms with Crippen LogP contribution in [-0.2, 0) is 19.5 Å². The van der Waals surface area contributed by atoms with Gasteiger partial charge in [0.2, 0.25) is 5.91 Å². The lowest BCUT2D eigenvalue weighted by Crippen LogP contribution is -2.47. The van der Waals surface area contributed by atoms with Gasteiger partial charge in [-0.25, -0.2) is 9.78 Å². The Morgan fingerprint density at radius 2 is 2.00 bits per heavy atom. The fourth-order valence-electron chi connectivity index (χ4n) is 3.46. The normalized spacial score (nSPS) is 21.8. The Morgan fingerprint density at radius 3 is 2.64 bits per heavy atom. The minimum atomic E-state index is -4.82. The van der Waals surface area contributed by atoms with E-state index in [1.165, 1.54) is 4.90 Å². The SMILES string of the molecule is O=C(Nc1ccc(-n2ccnc2)cc1)[C@@H]1CC[C@H]2CN1C(=O)N2OS(=O)(=O)O. The first-order chi connectivity index (χ1) is 13.3. The molecule has 1 aromatic carbocycles. The van der Waals surface area contributed by atoms with Crippen molar-refractivity contribution in [1.82, 2.24) is 19.5 Å². The van der Waals surface area contributed by atoms with Crippen molar-refractivity contribution in [2.24, 2.45) is 0 Å². The molecule has 148 valence electrons. The third-order valence-electron chi connectivity index (χ3n) is 4.74. The monoisotopic (exact) mass is 407 g/mol. The van der Waals surface area contributed by atoms with Gasteiger partial charge in [0.15, 0.2) is 0 Å². The number of piperidine rings is 1.